The second-order valence-electron chi connectivity index (χ2n) is 2.87. The first-order valence-electron chi connectivity index (χ1n) is 3.67. The van der Waals surface area contributed by atoms with Crippen molar-refractivity contribution < 1.29 is 4.79 Å². The van der Waals surface area contributed by atoms with Crippen LogP contribution in [0, 0.1) is 5.92 Å². The Balaban J connectivity index is 2.27. The fourth-order valence-corrected chi connectivity index (χ4v) is 2.40. The molecule has 1 aliphatic rings. The number of hydrogen-bond acceptors (Lipinski definition) is 2. The molecule has 2 rings (SSSR count). The maximum absolute atomic E-state index is 11.5. The third-order valence-corrected chi connectivity index (χ3v) is 3.72. The fraction of sp³-hybridized carbons (Fsp3) is 0.375. The van der Waals surface area contributed by atoms with Gasteiger partial charge in [-0.05, 0) is 18.9 Å². The van der Waals surface area contributed by atoms with Crippen LogP contribution in [-0.4, -0.2) is 5.78 Å². The summed E-state index contributed by atoms with van der Waals surface area (Å²) in [5.74, 6) is 0.449. The second kappa shape index (κ2) is 3.02. The van der Waals surface area contributed by atoms with Crippen molar-refractivity contribution in [3.05, 3.63) is 20.3 Å². The third-order valence-electron chi connectivity index (χ3n) is 1.84. The number of hydrogen-bond donors (Lipinski definition) is 0. The molecule has 0 saturated heterocycles. The molecule has 1 fully saturated rings. The van der Waals surface area contributed by atoms with Crippen LogP contribution in [-0.2, 0) is 0 Å². The first-order chi connectivity index (χ1) is 5.68. The van der Waals surface area contributed by atoms with Crippen LogP contribution in [0.5, 0.6) is 0 Å². The lowest BCUT2D eigenvalue weighted by Crippen LogP contribution is -1.96. The lowest BCUT2D eigenvalue weighted by atomic mass is 10.2. The van der Waals surface area contributed by atoms with Gasteiger partial charge in [-0.2, -0.15) is 0 Å². The molecular weight excluding hydrogens is 215 g/mol. The highest BCUT2D eigenvalue weighted by molar-refractivity contribution is 7.18. The van der Waals surface area contributed by atoms with Crippen LogP contribution < -0.4 is 0 Å². The van der Waals surface area contributed by atoms with E-state index in [-0.39, 0.29) is 11.7 Å². The molecule has 0 atom stereocenters. The molecule has 1 aliphatic carbocycles. The Kier molecular flexibility index (Phi) is 2.15. The highest BCUT2D eigenvalue weighted by Gasteiger charge is 2.31. The SMILES string of the molecule is O=C(c1cc(Cl)c(Cl)s1)C1CC1. The van der Waals surface area contributed by atoms with E-state index in [1.165, 1.54) is 11.3 Å². The zero-order valence-electron chi connectivity index (χ0n) is 6.14. The number of carbonyl (C=O) groups excluding carboxylic acids is 1. The minimum absolute atomic E-state index is 0.203. The number of carbonyl (C=O) groups is 1. The lowest BCUT2D eigenvalue weighted by molar-refractivity contribution is 0.0971. The van der Waals surface area contributed by atoms with E-state index in [2.05, 4.69) is 0 Å². The fourth-order valence-electron chi connectivity index (χ4n) is 1.01. The van der Waals surface area contributed by atoms with Gasteiger partial charge in [0, 0.05) is 5.92 Å². The molecule has 64 valence electrons. The molecule has 0 aliphatic heterocycles. The van der Waals surface area contributed by atoms with Crippen LogP contribution in [0.3, 0.4) is 0 Å². The average Bonchev–Trinajstić information content (AvgIpc) is 2.80. The summed E-state index contributed by atoms with van der Waals surface area (Å²) in [6.45, 7) is 0. The second-order valence-corrected chi connectivity index (χ2v) is 4.93. The van der Waals surface area contributed by atoms with Gasteiger partial charge >= 0.3 is 0 Å². The summed E-state index contributed by atoms with van der Waals surface area (Å²) >= 11 is 12.7. The van der Waals surface area contributed by atoms with E-state index in [4.69, 9.17) is 23.2 Å². The molecule has 0 N–H and O–H groups in total. The van der Waals surface area contributed by atoms with Crippen molar-refractivity contribution in [3.8, 4) is 0 Å². The lowest BCUT2D eigenvalue weighted by Gasteiger charge is -1.89. The van der Waals surface area contributed by atoms with Crippen LogP contribution in [0.15, 0.2) is 6.07 Å². The zero-order chi connectivity index (χ0) is 8.72. The number of halogens is 2. The van der Waals surface area contributed by atoms with Crippen molar-refractivity contribution in [2.24, 2.45) is 5.92 Å². The first-order valence-corrected chi connectivity index (χ1v) is 5.25. The van der Waals surface area contributed by atoms with Crippen molar-refractivity contribution in [2.45, 2.75) is 12.8 Å². The molecule has 0 unspecified atom stereocenters. The van der Waals surface area contributed by atoms with E-state index in [0.717, 1.165) is 12.8 Å². The molecule has 0 radical (unpaired) electrons. The normalized spacial score (nSPS) is 16.5. The Morgan fingerprint density at radius 2 is 2.17 bits per heavy atom. The largest absolute Gasteiger partial charge is 0.293 e. The van der Waals surface area contributed by atoms with Crippen molar-refractivity contribution in [1.29, 1.82) is 0 Å². The number of ketones is 1. The summed E-state index contributed by atoms with van der Waals surface area (Å²) in [6.07, 6.45) is 2.04. The van der Waals surface area contributed by atoms with Gasteiger partial charge in [-0.15, -0.1) is 11.3 Å². The molecule has 1 heterocycles. The van der Waals surface area contributed by atoms with Crippen LogP contribution >= 0.6 is 34.5 Å². The van der Waals surface area contributed by atoms with Crippen LogP contribution in [0.1, 0.15) is 22.5 Å². The summed E-state index contributed by atoms with van der Waals surface area (Å²) in [4.78, 5) is 12.2. The molecule has 0 amide bonds. The molecule has 1 aromatic heterocycles. The number of Topliss-reactive ketones (excluding diaryl/α,β-unsaturated/α-hetero) is 1. The predicted molar refractivity (Wildman–Crippen MR) is 51.4 cm³/mol. The van der Waals surface area contributed by atoms with E-state index < -0.39 is 0 Å². The minimum atomic E-state index is 0.203. The Morgan fingerprint density at radius 3 is 2.58 bits per heavy atom. The molecule has 1 saturated carbocycles. The monoisotopic (exact) mass is 220 g/mol. The van der Waals surface area contributed by atoms with Gasteiger partial charge in [-0.25, -0.2) is 0 Å². The van der Waals surface area contributed by atoms with E-state index in [1.807, 2.05) is 0 Å². The predicted octanol–water partition coefficient (Wildman–Crippen LogP) is 3.65. The van der Waals surface area contributed by atoms with Crippen molar-refractivity contribution >= 4 is 40.3 Å². The quantitative estimate of drug-likeness (QED) is 0.696. The van der Waals surface area contributed by atoms with Crippen molar-refractivity contribution in [3.63, 3.8) is 0 Å². The summed E-state index contributed by atoms with van der Waals surface area (Å²) in [7, 11) is 0. The van der Waals surface area contributed by atoms with Crippen molar-refractivity contribution in [2.75, 3.05) is 0 Å². The maximum Gasteiger partial charge on any atom is 0.175 e. The highest BCUT2D eigenvalue weighted by Crippen LogP contribution is 2.38. The van der Waals surface area contributed by atoms with Crippen molar-refractivity contribution in [1.82, 2.24) is 0 Å². The van der Waals surface area contributed by atoms with Gasteiger partial charge in [-0.3, -0.25) is 4.79 Å². The minimum Gasteiger partial charge on any atom is -0.293 e. The summed E-state index contributed by atoms with van der Waals surface area (Å²) < 4.78 is 0.515. The van der Waals surface area contributed by atoms with Gasteiger partial charge in [0.15, 0.2) is 5.78 Å². The van der Waals surface area contributed by atoms with Gasteiger partial charge in [0.2, 0.25) is 0 Å². The maximum atomic E-state index is 11.5. The molecule has 0 spiro atoms. The van der Waals surface area contributed by atoms with E-state index in [0.29, 0.717) is 14.2 Å². The Bertz CT molecular complexity index is 308. The highest BCUT2D eigenvalue weighted by atomic mass is 35.5. The molecule has 0 aromatic carbocycles. The van der Waals surface area contributed by atoms with Gasteiger partial charge in [-0.1, -0.05) is 23.2 Å². The topological polar surface area (TPSA) is 17.1 Å². The summed E-state index contributed by atoms with van der Waals surface area (Å²) in [5, 5.41) is 0.491. The molecule has 0 bridgehead atoms. The zero-order valence-corrected chi connectivity index (χ0v) is 8.47. The van der Waals surface area contributed by atoms with E-state index in [1.54, 1.807) is 6.07 Å². The van der Waals surface area contributed by atoms with Gasteiger partial charge < -0.3 is 0 Å². The standard InChI is InChI=1S/C8H6Cl2OS/c9-5-3-6(12-8(5)10)7(11)4-1-2-4/h3-4H,1-2H2. The summed E-state index contributed by atoms with van der Waals surface area (Å²) in [5.41, 5.74) is 0. The molecule has 1 aromatic rings. The first kappa shape index (κ1) is 8.54. The van der Waals surface area contributed by atoms with Gasteiger partial charge in [0.25, 0.3) is 0 Å². The summed E-state index contributed by atoms with van der Waals surface area (Å²) in [6, 6.07) is 1.66. The smallest absolute Gasteiger partial charge is 0.175 e. The van der Waals surface area contributed by atoms with Crippen LogP contribution in [0.25, 0.3) is 0 Å². The molecule has 1 nitrogen and oxygen atoms in total. The molecular formula is C8H6Cl2OS. The van der Waals surface area contributed by atoms with Gasteiger partial charge in [0.1, 0.15) is 4.34 Å². The Labute approximate surface area is 84.3 Å². The molecule has 4 heteroatoms. The Hall–Kier alpha value is -0.0500. The van der Waals surface area contributed by atoms with E-state index in [9.17, 15) is 4.79 Å². The number of thiophene rings is 1. The number of rotatable bonds is 2. The van der Waals surface area contributed by atoms with Crippen LogP contribution in [0.4, 0.5) is 0 Å². The van der Waals surface area contributed by atoms with Gasteiger partial charge in [0.05, 0.1) is 9.90 Å². The molecule has 12 heavy (non-hydrogen) atoms. The third kappa shape index (κ3) is 1.51. The Morgan fingerprint density at radius 1 is 1.50 bits per heavy atom. The average molecular weight is 221 g/mol. The van der Waals surface area contributed by atoms with Crippen LogP contribution in [0.2, 0.25) is 9.36 Å². The van der Waals surface area contributed by atoms with E-state index >= 15 is 0 Å².